The average molecular weight is 315 g/mol. The van der Waals surface area contributed by atoms with Gasteiger partial charge >= 0.3 is 0 Å². The SMILES string of the molecule is C[C@H](c1nc(C(C)(C)C)no1)[S@](=O)CC(=O)NC(C)(C)C. The zero-order chi connectivity index (χ0) is 16.4. The van der Waals surface area contributed by atoms with Gasteiger partial charge in [0, 0.05) is 21.8 Å². The Balaban J connectivity index is 2.71. The first-order valence-corrected chi connectivity index (χ1v) is 8.30. The van der Waals surface area contributed by atoms with E-state index in [2.05, 4.69) is 15.5 Å². The molecule has 0 unspecified atom stereocenters. The number of hydrogen-bond acceptors (Lipinski definition) is 5. The smallest absolute Gasteiger partial charge is 0.242 e. The van der Waals surface area contributed by atoms with Crippen molar-refractivity contribution in [2.75, 3.05) is 5.75 Å². The Hall–Kier alpha value is -1.24. The highest BCUT2D eigenvalue weighted by Gasteiger charge is 2.27. The van der Waals surface area contributed by atoms with Crippen LogP contribution in [-0.2, 0) is 21.0 Å². The second-order valence-corrected chi connectivity index (χ2v) is 8.93. The zero-order valence-electron chi connectivity index (χ0n) is 13.8. The molecule has 120 valence electrons. The van der Waals surface area contributed by atoms with Crippen LogP contribution in [0.1, 0.15) is 65.4 Å². The molecule has 0 aliphatic heterocycles. The van der Waals surface area contributed by atoms with Crippen LogP contribution < -0.4 is 5.32 Å². The average Bonchev–Trinajstić information content (AvgIpc) is 2.73. The van der Waals surface area contributed by atoms with Gasteiger partial charge in [-0.2, -0.15) is 4.98 Å². The van der Waals surface area contributed by atoms with E-state index in [9.17, 15) is 9.00 Å². The Morgan fingerprint density at radius 3 is 2.29 bits per heavy atom. The molecule has 0 fully saturated rings. The molecule has 1 amide bonds. The molecule has 0 saturated heterocycles. The van der Waals surface area contributed by atoms with Crippen molar-refractivity contribution >= 4 is 16.7 Å². The third-order valence-corrected chi connectivity index (χ3v) is 4.18. The molecule has 0 aliphatic carbocycles. The quantitative estimate of drug-likeness (QED) is 0.919. The molecule has 0 aromatic carbocycles. The first-order valence-electron chi connectivity index (χ1n) is 6.92. The van der Waals surface area contributed by atoms with Crippen LogP contribution in [0.15, 0.2) is 4.52 Å². The molecule has 0 spiro atoms. The fourth-order valence-corrected chi connectivity index (χ4v) is 2.43. The number of carbonyl (C=O) groups excluding carboxylic acids is 1. The van der Waals surface area contributed by atoms with Crippen LogP contribution in [0, 0.1) is 0 Å². The molecule has 7 heteroatoms. The number of nitrogens with one attached hydrogen (secondary N) is 1. The molecule has 21 heavy (non-hydrogen) atoms. The molecule has 1 aromatic heterocycles. The summed E-state index contributed by atoms with van der Waals surface area (Å²) >= 11 is 0. The summed E-state index contributed by atoms with van der Waals surface area (Å²) in [5.41, 5.74) is -0.568. The van der Waals surface area contributed by atoms with E-state index < -0.39 is 16.0 Å². The van der Waals surface area contributed by atoms with Crippen molar-refractivity contribution < 1.29 is 13.5 Å². The molecule has 0 saturated carbocycles. The number of rotatable bonds is 4. The highest BCUT2D eigenvalue weighted by atomic mass is 32.2. The number of carbonyl (C=O) groups is 1. The molecule has 6 nitrogen and oxygen atoms in total. The van der Waals surface area contributed by atoms with Crippen molar-refractivity contribution in [1.29, 1.82) is 0 Å². The van der Waals surface area contributed by atoms with Gasteiger partial charge < -0.3 is 9.84 Å². The van der Waals surface area contributed by atoms with Crippen LogP contribution >= 0.6 is 0 Å². The molecule has 0 radical (unpaired) electrons. The summed E-state index contributed by atoms with van der Waals surface area (Å²) < 4.78 is 17.4. The van der Waals surface area contributed by atoms with Crippen LogP contribution in [-0.4, -0.2) is 31.5 Å². The minimum Gasteiger partial charge on any atom is -0.351 e. The maximum atomic E-state index is 12.2. The number of nitrogens with zero attached hydrogens (tertiary/aromatic N) is 2. The van der Waals surface area contributed by atoms with E-state index in [0.717, 1.165) is 0 Å². The molecule has 1 rings (SSSR count). The maximum Gasteiger partial charge on any atom is 0.242 e. The Morgan fingerprint density at radius 2 is 1.86 bits per heavy atom. The second-order valence-electron chi connectivity index (χ2n) is 7.17. The van der Waals surface area contributed by atoms with E-state index in [4.69, 9.17) is 4.52 Å². The summed E-state index contributed by atoms with van der Waals surface area (Å²) in [6, 6.07) is 0. The van der Waals surface area contributed by atoms with Crippen molar-refractivity contribution in [1.82, 2.24) is 15.5 Å². The first kappa shape index (κ1) is 17.8. The van der Waals surface area contributed by atoms with Crippen LogP contribution in [0.4, 0.5) is 0 Å². The topological polar surface area (TPSA) is 85.1 Å². The summed E-state index contributed by atoms with van der Waals surface area (Å²) in [6.45, 7) is 13.3. The third-order valence-electron chi connectivity index (χ3n) is 2.64. The van der Waals surface area contributed by atoms with Crippen molar-refractivity contribution in [3.05, 3.63) is 11.7 Å². The molecular weight excluding hydrogens is 290 g/mol. The predicted octanol–water partition coefficient (Wildman–Crippen LogP) is 2.09. The van der Waals surface area contributed by atoms with Gasteiger partial charge in [-0.05, 0) is 27.7 Å². The van der Waals surface area contributed by atoms with Crippen LogP contribution in [0.25, 0.3) is 0 Å². The molecule has 0 aliphatic rings. The highest BCUT2D eigenvalue weighted by molar-refractivity contribution is 7.85. The molecule has 0 bridgehead atoms. The number of amides is 1. The monoisotopic (exact) mass is 315 g/mol. The first-order chi connectivity index (χ1) is 9.40. The van der Waals surface area contributed by atoms with Gasteiger partial charge in [0.15, 0.2) is 5.82 Å². The third kappa shape index (κ3) is 5.57. The summed E-state index contributed by atoms with van der Waals surface area (Å²) in [4.78, 5) is 16.1. The minimum atomic E-state index is -1.40. The Bertz CT molecular complexity index is 526. The van der Waals surface area contributed by atoms with Gasteiger partial charge in [0.1, 0.15) is 11.0 Å². The van der Waals surface area contributed by atoms with E-state index in [1.54, 1.807) is 6.92 Å². The van der Waals surface area contributed by atoms with E-state index in [-0.39, 0.29) is 22.6 Å². The Labute approximate surface area is 128 Å². The largest absolute Gasteiger partial charge is 0.351 e. The fourth-order valence-electron chi connectivity index (χ4n) is 1.53. The minimum absolute atomic E-state index is 0.0777. The van der Waals surface area contributed by atoms with Gasteiger partial charge in [-0.1, -0.05) is 25.9 Å². The van der Waals surface area contributed by atoms with Gasteiger partial charge in [-0.15, -0.1) is 0 Å². The van der Waals surface area contributed by atoms with E-state index in [0.29, 0.717) is 11.7 Å². The lowest BCUT2D eigenvalue weighted by Gasteiger charge is -2.20. The second kappa shape index (κ2) is 6.25. The van der Waals surface area contributed by atoms with Crippen molar-refractivity contribution in [2.45, 2.75) is 64.7 Å². The molecular formula is C14H25N3O3S. The normalized spacial score (nSPS) is 15.6. The van der Waals surface area contributed by atoms with Crippen LogP contribution in [0.3, 0.4) is 0 Å². The fraction of sp³-hybridized carbons (Fsp3) is 0.786. The van der Waals surface area contributed by atoms with E-state index in [1.165, 1.54) is 0 Å². The highest BCUT2D eigenvalue weighted by Crippen LogP contribution is 2.23. The molecule has 1 heterocycles. The summed E-state index contributed by atoms with van der Waals surface area (Å²) in [6.07, 6.45) is 0. The predicted molar refractivity (Wildman–Crippen MR) is 82.3 cm³/mol. The Morgan fingerprint density at radius 1 is 1.29 bits per heavy atom. The van der Waals surface area contributed by atoms with Gasteiger partial charge in [-0.25, -0.2) is 0 Å². The van der Waals surface area contributed by atoms with Crippen molar-refractivity contribution in [3.8, 4) is 0 Å². The molecule has 1 N–H and O–H groups in total. The van der Waals surface area contributed by atoms with Gasteiger partial charge in [-0.3, -0.25) is 9.00 Å². The summed E-state index contributed by atoms with van der Waals surface area (Å²) in [5, 5.41) is 6.22. The van der Waals surface area contributed by atoms with Crippen molar-refractivity contribution in [2.24, 2.45) is 0 Å². The maximum absolute atomic E-state index is 12.2. The van der Waals surface area contributed by atoms with E-state index >= 15 is 0 Å². The van der Waals surface area contributed by atoms with Crippen LogP contribution in [0.2, 0.25) is 0 Å². The number of aromatic nitrogens is 2. The number of hydrogen-bond donors (Lipinski definition) is 1. The molecule has 2 atom stereocenters. The Kier molecular flexibility index (Phi) is 5.30. The lowest BCUT2D eigenvalue weighted by atomic mass is 9.96. The van der Waals surface area contributed by atoms with Gasteiger partial charge in [0.05, 0.1) is 0 Å². The lowest BCUT2D eigenvalue weighted by molar-refractivity contribution is -0.119. The zero-order valence-corrected chi connectivity index (χ0v) is 14.6. The molecule has 1 aromatic rings. The standard InChI is InChI=1S/C14H25N3O3S/c1-9(11-15-12(17-20-11)13(2,3)4)21(19)8-10(18)16-14(5,6)7/h9H,8H2,1-7H3,(H,16,18)/t9-,21-/m1/s1. The summed E-state index contributed by atoms with van der Waals surface area (Å²) in [5.74, 6) is 0.552. The van der Waals surface area contributed by atoms with Crippen LogP contribution in [0.5, 0.6) is 0 Å². The lowest BCUT2D eigenvalue weighted by Crippen LogP contribution is -2.43. The van der Waals surface area contributed by atoms with Crippen molar-refractivity contribution in [3.63, 3.8) is 0 Å². The van der Waals surface area contributed by atoms with E-state index in [1.807, 2.05) is 41.5 Å². The van der Waals surface area contributed by atoms with Gasteiger partial charge in [0.25, 0.3) is 0 Å². The summed E-state index contributed by atoms with van der Waals surface area (Å²) in [7, 11) is -1.40. The van der Waals surface area contributed by atoms with Gasteiger partial charge in [0.2, 0.25) is 11.8 Å².